The van der Waals surface area contributed by atoms with Gasteiger partial charge in [0.1, 0.15) is 0 Å². The Kier molecular flexibility index (Phi) is 4.75. The van der Waals surface area contributed by atoms with Gasteiger partial charge in [0.2, 0.25) is 0 Å². The largest absolute Gasteiger partial charge is 0.309 e. The Morgan fingerprint density at radius 1 is 1.28 bits per heavy atom. The molecule has 0 aliphatic rings. The monoisotopic (exact) mass is 416 g/mol. The molecule has 0 fully saturated rings. The molecule has 2 nitrogen and oxygen atoms in total. The fraction of sp³-hybridized carbons (Fsp3) is 0.214. The highest BCUT2D eigenvalue weighted by Gasteiger charge is 2.17. The lowest BCUT2D eigenvalue weighted by molar-refractivity contribution is 0.681. The number of aromatic nitrogens is 1. The molecule has 0 saturated carbocycles. The van der Waals surface area contributed by atoms with Gasteiger partial charge in [-0.3, -0.25) is 4.98 Å². The lowest BCUT2D eigenvalue weighted by atomic mass is 9.97. The maximum absolute atomic E-state index is 4.23. The molecule has 1 heterocycles. The third-order valence-corrected chi connectivity index (χ3v) is 4.34. The Hall–Kier alpha value is -0.460. The Morgan fingerprint density at radius 3 is 2.72 bits per heavy atom. The third kappa shape index (κ3) is 2.92. The summed E-state index contributed by atoms with van der Waals surface area (Å²) in [4.78, 5) is 4.23. The number of nitrogens with zero attached hydrogens (tertiary/aromatic N) is 1. The molecule has 0 bridgehead atoms. The Balaban J connectivity index is 2.52. The lowest BCUT2D eigenvalue weighted by Crippen LogP contribution is -2.19. The molecule has 0 aliphatic heterocycles. The first-order valence-corrected chi connectivity index (χ1v) is 7.53. The second-order valence-corrected chi connectivity index (χ2v) is 6.22. The molecule has 0 spiro atoms. The molecule has 1 N–H and O–H groups in total. The van der Waals surface area contributed by atoms with Crippen LogP contribution < -0.4 is 5.32 Å². The van der Waals surface area contributed by atoms with E-state index in [-0.39, 0.29) is 6.04 Å². The van der Waals surface area contributed by atoms with Gasteiger partial charge < -0.3 is 5.32 Å². The van der Waals surface area contributed by atoms with Crippen molar-refractivity contribution in [2.45, 2.75) is 13.0 Å². The van der Waals surface area contributed by atoms with Gasteiger partial charge in [0.25, 0.3) is 0 Å². The number of halogens is 2. The second kappa shape index (κ2) is 6.12. The normalized spacial score (nSPS) is 12.4. The minimum absolute atomic E-state index is 0.155. The summed E-state index contributed by atoms with van der Waals surface area (Å²) in [5.74, 6) is 0. The van der Waals surface area contributed by atoms with Crippen LogP contribution in [0, 0.1) is 10.5 Å². The van der Waals surface area contributed by atoms with Crippen molar-refractivity contribution in [2.24, 2.45) is 0 Å². The van der Waals surface area contributed by atoms with E-state index in [0.29, 0.717) is 0 Å². The Labute approximate surface area is 129 Å². The number of aryl methyl sites for hydroxylation is 1. The molecule has 0 amide bonds. The quantitative estimate of drug-likeness (QED) is 0.763. The zero-order valence-corrected chi connectivity index (χ0v) is 14.0. The van der Waals surface area contributed by atoms with Crippen molar-refractivity contribution >= 4 is 38.5 Å². The Bertz CT molecular complexity index is 557. The van der Waals surface area contributed by atoms with Crippen LogP contribution >= 0.6 is 38.5 Å². The van der Waals surface area contributed by atoms with Crippen molar-refractivity contribution in [3.63, 3.8) is 0 Å². The summed E-state index contributed by atoms with van der Waals surface area (Å²) in [6.45, 7) is 2.11. The molecule has 0 radical (unpaired) electrons. The summed E-state index contributed by atoms with van der Waals surface area (Å²) in [6.07, 6.45) is 3.76. The van der Waals surface area contributed by atoms with Crippen LogP contribution in [0.4, 0.5) is 0 Å². The van der Waals surface area contributed by atoms with Crippen molar-refractivity contribution < 1.29 is 0 Å². The standard InChI is InChI=1S/C14H14BrIN2/c1-9-5-6-18-8-12(9)14(17-2)11-7-10(16)3-4-13(11)15/h3-8,14,17H,1-2H3. The zero-order chi connectivity index (χ0) is 13.1. The van der Waals surface area contributed by atoms with Crippen molar-refractivity contribution in [2.75, 3.05) is 7.05 Å². The molecular weight excluding hydrogens is 403 g/mol. The van der Waals surface area contributed by atoms with Gasteiger partial charge in [-0.15, -0.1) is 0 Å². The van der Waals surface area contributed by atoms with E-state index in [0.717, 1.165) is 4.47 Å². The SMILES string of the molecule is CNC(c1cnccc1C)c1cc(I)ccc1Br. The van der Waals surface area contributed by atoms with Gasteiger partial charge in [-0.05, 0) is 77.5 Å². The van der Waals surface area contributed by atoms with E-state index in [9.17, 15) is 0 Å². The van der Waals surface area contributed by atoms with Gasteiger partial charge in [0.05, 0.1) is 6.04 Å². The predicted octanol–water partition coefficient (Wildman–Crippen LogP) is 4.07. The van der Waals surface area contributed by atoms with Crippen molar-refractivity contribution in [1.29, 1.82) is 0 Å². The molecule has 18 heavy (non-hydrogen) atoms. The fourth-order valence-corrected chi connectivity index (χ4v) is 2.98. The van der Waals surface area contributed by atoms with E-state index < -0.39 is 0 Å². The number of nitrogens with one attached hydrogen (secondary N) is 1. The van der Waals surface area contributed by atoms with Gasteiger partial charge in [-0.1, -0.05) is 15.9 Å². The first kappa shape index (κ1) is 14.0. The summed E-state index contributed by atoms with van der Waals surface area (Å²) in [6, 6.07) is 8.58. The number of rotatable bonds is 3. The average Bonchev–Trinajstić information content (AvgIpc) is 2.36. The molecule has 1 aromatic carbocycles. The first-order chi connectivity index (χ1) is 8.63. The Morgan fingerprint density at radius 2 is 2.06 bits per heavy atom. The summed E-state index contributed by atoms with van der Waals surface area (Å²) in [5, 5.41) is 3.37. The molecule has 1 unspecified atom stereocenters. The van der Waals surface area contributed by atoms with Crippen molar-refractivity contribution in [3.8, 4) is 0 Å². The molecule has 1 atom stereocenters. The summed E-state index contributed by atoms with van der Waals surface area (Å²) < 4.78 is 2.35. The van der Waals surface area contributed by atoms with Gasteiger partial charge in [0.15, 0.2) is 0 Å². The zero-order valence-electron chi connectivity index (χ0n) is 10.2. The van der Waals surface area contributed by atoms with E-state index in [2.05, 4.69) is 73.9 Å². The van der Waals surface area contributed by atoms with Gasteiger partial charge in [-0.2, -0.15) is 0 Å². The van der Waals surface area contributed by atoms with Crippen LogP contribution in [0.5, 0.6) is 0 Å². The van der Waals surface area contributed by atoms with E-state index in [1.807, 2.05) is 25.5 Å². The molecule has 2 rings (SSSR count). The second-order valence-electron chi connectivity index (χ2n) is 4.12. The van der Waals surface area contributed by atoms with Gasteiger partial charge in [-0.25, -0.2) is 0 Å². The third-order valence-electron chi connectivity index (χ3n) is 2.95. The number of benzene rings is 1. The van der Waals surface area contributed by atoms with E-state index in [1.54, 1.807) is 0 Å². The molecule has 1 aromatic heterocycles. The van der Waals surface area contributed by atoms with E-state index in [1.165, 1.54) is 20.3 Å². The molecule has 4 heteroatoms. The topological polar surface area (TPSA) is 24.9 Å². The molecule has 0 saturated heterocycles. The molecule has 94 valence electrons. The smallest absolute Gasteiger partial charge is 0.0603 e. The van der Waals surface area contributed by atoms with Gasteiger partial charge >= 0.3 is 0 Å². The number of pyridine rings is 1. The maximum atomic E-state index is 4.23. The van der Waals surface area contributed by atoms with Crippen LogP contribution in [-0.4, -0.2) is 12.0 Å². The summed E-state index contributed by atoms with van der Waals surface area (Å²) in [7, 11) is 1.98. The highest BCUT2D eigenvalue weighted by Crippen LogP contribution is 2.30. The van der Waals surface area contributed by atoms with Crippen molar-refractivity contribution in [1.82, 2.24) is 10.3 Å². The van der Waals surface area contributed by atoms with Crippen molar-refractivity contribution in [3.05, 3.63) is 61.4 Å². The minimum Gasteiger partial charge on any atom is -0.309 e. The minimum atomic E-state index is 0.155. The maximum Gasteiger partial charge on any atom is 0.0603 e. The molecule has 2 aromatic rings. The average molecular weight is 417 g/mol. The summed E-state index contributed by atoms with van der Waals surface area (Å²) >= 11 is 5.97. The number of hydrogen-bond donors (Lipinski definition) is 1. The van der Waals surface area contributed by atoms with Crippen LogP contribution in [0.15, 0.2) is 41.1 Å². The van der Waals surface area contributed by atoms with Crippen LogP contribution in [-0.2, 0) is 0 Å². The molecular formula is C14H14BrIN2. The van der Waals surface area contributed by atoms with Gasteiger partial charge in [0, 0.05) is 20.4 Å². The predicted molar refractivity (Wildman–Crippen MR) is 86.7 cm³/mol. The van der Waals surface area contributed by atoms with Crippen LogP contribution in [0.1, 0.15) is 22.7 Å². The van der Waals surface area contributed by atoms with Crippen LogP contribution in [0.3, 0.4) is 0 Å². The lowest BCUT2D eigenvalue weighted by Gasteiger charge is -2.20. The van der Waals surface area contributed by atoms with Crippen LogP contribution in [0.25, 0.3) is 0 Å². The highest BCUT2D eigenvalue weighted by atomic mass is 127. The fourth-order valence-electron chi connectivity index (χ4n) is 1.99. The van der Waals surface area contributed by atoms with E-state index >= 15 is 0 Å². The summed E-state index contributed by atoms with van der Waals surface area (Å²) in [5.41, 5.74) is 3.69. The number of hydrogen-bond acceptors (Lipinski definition) is 2. The van der Waals surface area contributed by atoms with Crippen LogP contribution in [0.2, 0.25) is 0 Å². The molecule has 0 aliphatic carbocycles. The highest BCUT2D eigenvalue weighted by molar-refractivity contribution is 14.1. The first-order valence-electron chi connectivity index (χ1n) is 5.66. The van der Waals surface area contributed by atoms with E-state index in [4.69, 9.17) is 0 Å².